The van der Waals surface area contributed by atoms with E-state index in [1.54, 1.807) is 7.11 Å². The molecule has 0 unspecified atom stereocenters. The van der Waals surface area contributed by atoms with Gasteiger partial charge in [-0.15, -0.1) is 0 Å². The fourth-order valence-electron chi connectivity index (χ4n) is 3.28. The Morgan fingerprint density at radius 2 is 2.12 bits per heavy atom. The van der Waals surface area contributed by atoms with Crippen molar-refractivity contribution in [2.45, 2.75) is 18.8 Å². The number of halogens is 1. The Balaban J connectivity index is 1.32. The Labute approximate surface area is 160 Å². The van der Waals surface area contributed by atoms with Gasteiger partial charge in [-0.1, -0.05) is 34.1 Å². The first-order chi connectivity index (χ1) is 12.6. The number of imidazole rings is 1. The number of rotatable bonds is 5. The molecule has 1 aliphatic rings. The summed E-state index contributed by atoms with van der Waals surface area (Å²) in [5.41, 5.74) is 3.15. The molecule has 1 saturated heterocycles. The number of methoxy groups -OCH3 is 1. The molecule has 2 aromatic carbocycles. The van der Waals surface area contributed by atoms with Crippen LogP contribution in [0.25, 0.3) is 11.0 Å². The van der Waals surface area contributed by atoms with Crippen LogP contribution in [-0.2, 0) is 11.2 Å². The van der Waals surface area contributed by atoms with Crippen molar-refractivity contribution in [2.24, 2.45) is 0 Å². The number of likely N-dealkylation sites (tertiary alicyclic amines) is 1. The van der Waals surface area contributed by atoms with Gasteiger partial charge in [-0.25, -0.2) is 4.98 Å². The average Bonchev–Trinajstić information content (AvgIpc) is 3.02. The smallest absolute Gasteiger partial charge is 0.222 e. The molecule has 6 heteroatoms. The number of aryl methyl sites for hydroxylation is 1. The van der Waals surface area contributed by atoms with Crippen molar-refractivity contribution in [1.29, 1.82) is 0 Å². The third-order valence-corrected chi connectivity index (χ3v) is 5.64. The van der Waals surface area contributed by atoms with Crippen LogP contribution >= 0.6 is 15.9 Å². The van der Waals surface area contributed by atoms with Gasteiger partial charge in [-0.2, -0.15) is 0 Å². The molecule has 0 aliphatic carbocycles. The molecule has 0 bridgehead atoms. The Kier molecular flexibility index (Phi) is 4.68. The number of fused-ring (bicyclic) bond motifs is 1. The highest BCUT2D eigenvalue weighted by atomic mass is 79.9. The van der Waals surface area contributed by atoms with E-state index >= 15 is 0 Å². The van der Waals surface area contributed by atoms with E-state index in [9.17, 15) is 4.79 Å². The molecule has 2 heterocycles. The van der Waals surface area contributed by atoms with Gasteiger partial charge >= 0.3 is 0 Å². The molecule has 1 aromatic heterocycles. The maximum absolute atomic E-state index is 12.4. The van der Waals surface area contributed by atoms with E-state index in [1.807, 2.05) is 47.4 Å². The molecule has 4 rings (SSSR count). The van der Waals surface area contributed by atoms with Crippen LogP contribution in [0.2, 0.25) is 0 Å². The van der Waals surface area contributed by atoms with Crippen molar-refractivity contribution in [1.82, 2.24) is 14.9 Å². The molecule has 1 amide bonds. The summed E-state index contributed by atoms with van der Waals surface area (Å²) in [5.74, 6) is 2.29. The van der Waals surface area contributed by atoms with Gasteiger partial charge in [0.25, 0.3) is 0 Å². The second-order valence-electron chi connectivity index (χ2n) is 6.59. The highest BCUT2D eigenvalue weighted by Gasteiger charge is 2.33. The zero-order valence-electron chi connectivity index (χ0n) is 14.5. The third-order valence-electron chi connectivity index (χ3n) is 4.90. The number of carbonyl (C=O) groups is 1. The largest absolute Gasteiger partial charge is 0.497 e. The van der Waals surface area contributed by atoms with E-state index in [0.29, 0.717) is 12.3 Å². The minimum Gasteiger partial charge on any atom is -0.497 e. The first kappa shape index (κ1) is 17.1. The van der Waals surface area contributed by atoms with Gasteiger partial charge in [0.1, 0.15) is 11.6 Å². The van der Waals surface area contributed by atoms with Crippen LogP contribution in [0.5, 0.6) is 5.75 Å². The molecule has 1 fully saturated rings. The molecule has 0 radical (unpaired) electrons. The number of nitrogens with zero attached hydrogens (tertiary/aromatic N) is 2. The number of ether oxygens (including phenoxy) is 1. The Bertz CT molecular complexity index is 914. The van der Waals surface area contributed by atoms with E-state index in [4.69, 9.17) is 4.74 Å². The number of H-pyrrole nitrogens is 1. The zero-order valence-corrected chi connectivity index (χ0v) is 16.1. The molecule has 5 nitrogen and oxygen atoms in total. The molecule has 1 aliphatic heterocycles. The summed E-state index contributed by atoms with van der Waals surface area (Å²) in [6, 6.07) is 13.9. The average molecular weight is 414 g/mol. The number of aromatic amines is 1. The van der Waals surface area contributed by atoms with Crippen molar-refractivity contribution >= 4 is 32.9 Å². The predicted octanol–water partition coefficient (Wildman–Crippen LogP) is 3.89. The molecule has 0 spiro atoms. The van der Waals surface area contributed by atoms with Crippen LogP contribution in [0, 0.1) is 0 Å². The highest BCUT2D eigenvalue weighted by Crippen LogP contribution is 2.28. The minimum absolute atomic E-state index is 0.195. The Hall–Kier alpha value is -2.34. The summed E-state index contributed by atoms with van der Waals surface area (Å²) in [5, 5.41) is 0. The van der Waals surface area contributed by atoms with Gasteiger partial charge in [0.2, 0.25) is 5.91 Å². The Morgan fingerprint density at radius 1 is 1.31 bits per heavy atom. The summed E-state index contributed by atoms with van der Waals surface area (Å²) in [4.78, 5) is 22.4. The maximum atomic E-state index is 12.4. The number of carbonyl (C=O) groups excluding carboxylic acids is 1. The number of aromatic nitrogens is 2. The minimum atomic E-state index is 0.195. The SMILES string of the molecule is COc1ccc(CCC(=O)N2CC(c3nc4ccccc4[nH]3)C2)c(Br)c1. The van der Waals surface area contributed by atoms with E-state index in [-0.39, 0.29) is 5.91 Å². The highest BCUT2D eigenvalue weighted by molar-refractivity contribution is 9.10. The van der Waals surface area contributed by atoms with Gasteiger partial charge in [0, 0.05) is 24.0 Å². The summed E-state index contributed by atoms with van der Waals surface area (Å²) in [7, 11) is 1.65. The molecular formula is C20H20BrN3O2. The van der Waals surface area contributed by atoms with E-state index in [2.05, 4.69) is 25.9 Å². The number of nitrogens with one attached hydrogen (secondary N) is 1. The first-order valence-corrected chi connectivity index (χ1v) is 9.48. The van der Waals surface area contributed by atoms with Crippen molar-refractivity contribution in [3.63, 3.8) is 0 Å². The van der Waals surface area contributed by atoms with Crippen molar-refractivity contribution in [2.75, 3.05) is 20.2 Å². The predicted molar refractivity (Wildman–Crippen MR) is 104 cm³/mol. The molecule has 0 atom stereocenters. The fraction of sp³-hybridized carbons (Fsp3) is 0.300. The van der Waals surface area contributed by atoms with Crippen molar-refractivity contribution in [3.8, 4) is 5.75 Å². The second kappa shape index (κ2) is 7.11. The number of hydrogen-bond donors (Lipinski definition) is 1. The van der Waals surface area contributed by atoms with Crippen molar-refractivity contribution in [3.05, 3.63) is 58.3 Å². The third kappa shape index (κ3) is 3.33. The van der Waals surface area contributed by atoms with Gasteiger partial charge in [-0.05, 0) is 36.2 Å². The molecular weight excluding hydrogens is 394 g/mol. The topological polar surface area (TPSA) is 58.2 Å². The quantitative estimate of drug-likeness (QED) is 0.689. The molecule has 134 valence electrons. The van der Waals surface area contributed by atoms with E-state index in [1.165, 1.54) is 0 Å². The van der Waals surface area contributed by atoms with Crippen LogP contribution < -0.4 is 4.74 Å². The summed E-state index contributed by atoms with van der Waals surface area (Å²) >= 11 is 3.55. The lowest BCUT2D eigenvalue weighted by atomic mass is 9.98. The van der Waals surface area contributed by atoms with E-state index < -0.39 is 0 Å². The van der Waals surface area contributed by atoms with Crippen LogP contribution in [0.3, 0.4) is 0 Å². The van der Waals surface area contributed by atoms with Crippen molar-refractivity contribution < 1.29 is 9.53 Å². The number of para-hydroxylation sites is 2. The lowest BCUT2D eigenvalue weighted by Gasteiger charge is -2.38. The summed E-state index contributed by atoms with van der Waals surface area (Å²) in [6.45, 7) is 1.48. The van der Waals surface area contributed by atoms with Gasteiger partial charge in [0.05, 0.1) is 24.1 Å². The fourth-order valence-corrected chi connectivity index (χ4v) is 3.83. The second-order valence-corrected chi connectivity index (χ2v) is 7.45. The van der Waals surface area contributed by atoms with Crippen LogP contribution in [0.4, 0.5) is 0 Å². The van der Waals surface area contributed by atoms with Crippen LogP contribution in [0.15, 0.2) is 46.9 Å². The lowest BCUT2D eigenvalue weighted by Crippen LogP contribution is -2.48. The number of hydrogen-bond acceptors (Lipinski definition) is 3. The molecule has 1 N–H and O–H groups in total. The number of benzene rings is 2. The molecule has 3 aromatic rings. The summed E-state index contributed by atoms with van der Waals surface area (Å²) in [6.07, 6.45) is 1.23. The molecule has 26 heavy (non-hydrogen) atoms. The van der Waals surface area contributed by atoms with Crippen LogP contribution in [0.1, 0.15) is 23.7 Å². The van der Waals surface area contributed by atoms with Gasteiger partial charge in [-0.3, -0.25) is 4.79 Å². The first-order valence-electron chi connectivity index (χ1n) is 8.69. The Morgan fingerprint density at radius 3 is 2.85 bits per heavy atom. The van der Waals surface area contributed by atoms with Crippen LogP contribution in [-0.4, -0.2) is 41.0 Å². The van der Waals surface area contributed by atoms with Gasteiger partial charge < -0.3 is 14.6 Å². The normalized spacial score (nSPS) is 14.5. The molecule has 0 saturated carbocycles. The monoisotopic (exact) mass is 413 g/mol. The zero-order chi connectivity index (χ0) is 18.1. The summed E-state index contributed by atoms with van der Waals surface area (Å²) < 4.78 is 6.18. The number of amides is 1. The standard InChI is InChI=1S/C20H20BrN3O2/c1-26-15-8-6-13(16(21)10-15)7-9-19(25)24-11-14(12-24)20-22-17-4-2-3-5-18(17)23-20/h2-6,8,10,14H,7,9,11-12H2,1H3,(H,22,23). The van der Waals surface area contributed by atoms with Gasteiger partial charge in [0.15, 0.2) is 0 Å². The maximum Gasteiger partial charge on any atom is 0.222 e. The van der Waals surface area contributed by atoms with E-state index in [0.717, 1.165) is 52.2 Å². The lowest BCUT2D eigenvalue weighted by molar-refractivity contribution is -0.135.